The van der Waals surface area contributed by atoms with E-state index in [4.69, 9.17) is 0 Å². The number of rotatable bonds is 3. The van der Waals surface area contributed by atoms with Crippen molar-refractivity contribution in [2.75, 3.05) is 13.1 Å². The van der Waals surface area contributed by atoms with E-state index < -0.39 is 11.5 Å². The minimum Gasteiger partial charge on any atom is -0.480 e. The Hall–Kier alpha value is -0.570. The number of hydrogen-bond donors (Lipinski definition) is 1. The molecule has 0 aromatic rings. The van der Waals surface area contributed by atoms with Gasteiger partial charge in [0, 0.05) is 0 Å². The van der Waals surface area contributed by atoms with Crippen molar-refractivity contribution >= 4 is 5.97 Å². The monoisotopic (exact) mass is 199 g/mol. The number of piperidine rings is 1. The average molecular weight is 199 g/mol. The highest BCUT2D eigenvalue weighted by molar-refractivity contribution is 5.78. The standard InChI is InChI=1S/C11H21NO2/c1-4-11(3,10(13)14)12-7-5-9(2)6-8-12/h9H,4-8H2,1-3H3,(H,13,14)/t11-/m1/s1. The molecule has 0 radical (unpaired) electrons. The van der Waals surface area contributed by atoms with Gasteiger partial charge in [-0.3, -0.25) is 9.69 Å². The largest absolute Gasteiger partial charge is 0.480 e. The number of nitrogens with zero attached hydrogens (tertiary/aromatic N) is 1. The molecule has 0 spiro atoms. The molecule has 0 unspecified atom stereocenters. The Morgan fingerprint density at radius 3 is 2.36 bits per heavy atom. The molecule has 0 saturated carbocycles. The van der Waals surface area contributed by atoms with Gasteiger partial charge < -0.3 is 5.11 Å². The highest BCUT2D eigenvalue weighted by atomic mass is 16.4. The second-order valence-electron chi connectivity index (χ2n) is 4.60. The number of carboxylic acid groups (broad SMARTS) is 1. The zero-order chi connectivity index (χ0) is 10.8. The topological polar surface area (TPSA) is 40.5 Å². The fourth-order valence-corrected chi connectivity index (χ4v) is 2.01. The molecule has 3 heteroatoms. The molecule has 1 atom stereocenters. The SMILES string of the molecule is CC[C@](C)(C(=O)O)N1CCC(C)CC1. The zero-order valence-corrected chi connectivity index (χ0v) is 9.42. The lowest BCUT2D eigenvalue weighted by atomic mass is 9.90. The summed E-state index contributed by atoms with van der Waals surface area (Å²) in [5.41, 5.74) is -0.653. The summed E-state index contributed by atoms with van der Waals surface area (Å²) in [7, 11) is 0. The molecule has 1 fully saturated rings. The molecule has 1 N–H and O–H groups in total. The lowest BCUT2D eigenvalue weighted by Crippen LogP contribution is -2.54. The summed E-state index contributed by atoms with van der Waals surface area (Å²) in [6, 6.07) is 0. The third-order valence-corrected chi connectivity index (χ3v) is 3.63. The number of hydrogen-bond acceptors (Lipinski definition) is 2. The van der Waals surface area contributed by atoms with Gasteiger partial charge in [-0.25, -0.2) is 0 Å². The quantitative estimate of drug-likeness (QED) is 0.755. The van der Waals surface area contributed by atoms with Crippen LogP contribution in [0.1, 0.15) is 40.0 Å². The highest BCUT2D eigenvalue weighted by Crippen LogP contribution is 2.26. The third-order valence-electron chi connectivity index (χ3n) is 3.63. The summed E-state index contributed by atoms with van der Waals surface area (Å²) < 4.78 is 0. The van der Waals surface area contributed by atoms with Crippen molar-refractivity contribution in [2.45, 2.75) is 45.6 Å². The fraction of sp³-hybridized carbons (Fsp3) is 0.909. The molecule has 0 bridgehead atoms. The molecule has 1 saturated heterocycles. The first-order valence-electron chi connectivity index (χ1n) is 5.49. The average Bonchev–Trinajstić information content (AvgIpc) is 2.17. The van der Waals surface area contributed by atoms with Crippen LogP contribution in [-0.2, 0) is 4.79 Å². The maximum absolute atomic E-state index is 11.2. The normalized spacial score (nSPS) is 24.5. The van der Waals surface area contributed by atoms with Crippen molar-refractivity contribution in [2.24, 2.45) is 5.92 Å². The van der Waals surface area contributed by atoms with Gasteiger partial charge >= 0.3 is 5.97 Å². The maximum Gasteiger partial charge on any atom is 0.323 e. The van der Waals surface area contributed by atoms with E-state index in [0.717, 1.165) is 31.8 Å². The second-order valence-corrected chi connectivity index (χ2v) is 4.60. The van der Waals surface area contributed by atoms with Crippen LogP contribution in [-0.4, -0.2) is 34.6 Å². The molecule has 82 valence electrons. The minimum atomic E-state index is -0.686. The molecule has 0 amide bonds. The molecule has 1 aliphatic heterocycles. The molecule has 0 aromatic heterocycles. The molecule has 3 nitrogen and oxygen atoms in total. The first-order chi connectivity index (χ1) is 6.50. The fourth-order valence-electron chi connectivity index (χ4n) is 2.01. The minimum absolute atomic E-state index is 0.653. The van der Waals surface area contributed by atoms with Crippen LogP contribution in [0.3, 0.4) is 0 Å². The summed E-state index contributed by atoms with van der Waals surface area (Å²) in [6.07, 6.45) is 2.93. The second kappa shape index (κ2) is 4.30. The molecule has 1 rings (SSSR count). The van der Waals surface area contributed by atoms with Gasteiger partial charge in [0.05, 0.1) is 0 Å². The number of aliphatic carboxylic acids is 1. The highest BCUT2D eigenvalue weighted by Gasteiger charge is 2.38. The van der Waals surface area contributed by atoms with Crippen LogP contribution in [0.4, 0.5) is 0 Å². The predicted molar refractivity (Wildman–Crippen MR) is 56.3 cm³/mol. The Morgan fingerprint density at radius 2 is 2.00 bits per heavy atom. The van der Waals surface area contributed by atoms with Crippen LogP contribution in [0.15, 0.2) is 0 Å². The molecular formula is C11H21NO2. The number of carbonyl (C=O) groups is 1. The maximum atomic E-state index is 11.2. The van der Waals surface area contributed by atoms with E-state index in [1.807, 2.05) is 13.8 Å². The smallest absolute Gasteiger partial charge is 0.323 e. The summed E-state index contributed by atoms with van der Waals surface area (Å²) in [6.45, 7) is 7.88. The van der Waals surface area contributed by atoms with Gasteiger partial charge in [-0.2, -0.15) is 0 Å². The van der Waals surface area contributed by atoms with E-state index in [1.54, 1.807) is 0 Å². The van der Waals surface area contributed by atoms with Crippen molar-refractivity contribution in [1.82, 2.24) is 4.90 Å². The Kier molecular flexibility index (Phi) is 3.53. The van der Waals surface area contributed by atoms with E-state index in [9.17, 15) is 9.90 Å². The summed E-state index contributed by atoms with van der Waals surface area (Å²) in [5, 5.41) is 9.21. The van der Waals surface area contributed by atoms with Gasteiger partial charge in [-0.1, -0.05) is 13.8 Å². The van der Waals surface area contributed by atoms with Crippen LogP contribution >= 0.6 is 0 Å². The first-order valence-corrected chi connectivity index (χ1v) is 5.49. The Bertz CT molecular complexity index is 209. The van der Waals surface area contributed by atoms with E-state index >= 15 is 0 Å². The van der Waals surface area contributed by atoms with E-state index in [0.29, 0.717) is 6.42 Å². The number of carboxylic acids is 1. The molecule has 14 heavy (non-hydrogen) atoms. The summed E-state index contributed by atoms with van der Waals surface area (Å²) in [5.74, 6) is 0.0655. The van der Waals surface area contributed by atoms with Gasteiger partial charge in [-0.15, -0.1) is 0 Å². The van der Waals surface area contributed by atoms with Crippen molar-refractivity contribution in [3.05, 3.63) is 0 Å². The van der Waals surface area contributed by atoms with Gasteiger partial charge in [0.1, 0.15) is 5.54 Å². The predicted octanol–water partition coefficient (Wildman–Crippen LogP) is 1.97. The van der Waals surface area contributed by atoms with E-state index in [-0.39, 0.29) is 0 Å². The Labute approximate surface area is 86.1 Å². The van der Waals surface area contributed by atoms with Crippen LogP contribution in [0.2, 0.25) is 0 Å². The van der Waals surface area contributed by atoms with Gasteiger partial charge in [0.15, 0.2) is 0 Å². The van der Waals surface area contributed by atoms with Crippen molar-refractivity contribution in [3.63, 3.8) is 0 Å². The van der Waals surface area contributed by atoms with E-state index in [1.165, 1.54) is 0 Å². The lowest BCUT2D eigenvalue weighted by molar-refractivity contribution is -0.151. The van der Waals surface area contributed by atoms with Crippen molar-refractivity contribution < 1.29 is 9.90 Å². The van der Waals surface area contributed by atoms with Crippen LogP contribution in [0.25, 0.3) is 0 Å². The summed E-state index contributed by atoms with van der Waals surface area (Å²) in [4.78, 5) is 13.3. The molecule has 1 heterocycles. The van der Waals surface area contributed by atoms with Gasteiger partial charge in [-0.05, 0) is 45.2 Å². The molecule has 0 aromatic carbocycles. The zero-order valence-electron chi connectivity index (χ0n) is 9.42. The number of likely N-dealkylation sites (tertiary alicyclic amines) is 1. The Morgan fingerprint density at radius 1 is 1.50 bits per heavy atom. The third kappa shape index (κ3) is 2.08. The molecule has 0 aliphatic carbocycles. The van der Waals surface area contributed by atoms with Gasteiger partial charge in [0.2, 0.25) is 0 Å². The van der Waals surface area contributed by atoms with Crippen LogP contribution in [0.5, 0.6) is 0 Å². The van der Waals surface area contributed by atoms with Crippen molar-refractivity contribution in [3.8, 4) is 0 Å². The van der Waals surface area contributed by atoms with Gasteiger partial charge in [0.25, 0.3) is 0 Å². The van der Waals surface area contributed by atoms with Crippen molar-refractivity contribution in [1.29, 1.82) is 0 Å². The summed E-state index contributed by atoms with van der Waals surface area (Å²) >= 11 is 0. The lowest BCUT2D eigenvalue weighted by Gasteiger charge is -2.41. The van der Waals surface area contributed by atoms with E-state index in [2.05, 4.69) is 11.8 Å². The Balaban J connectivity index is 2.66. The first kappa shape index (κ1) is 11.5. The molecular weight excluding hydrogens is 178 g/mol. The molecule has 1 aliphatic rings. The van der Waals surface area contributed by atoms with Crippen LogP contribution in [0, 0.1) is 5.92 Å². The van der Waals surface area contributed by atoms with Crippen LogP contribution < -0.4 is 0 Å².